The Labute approximate surface area is 141 Å². The second-order valence-electron chi connectivity index (χ2n) is 6.08. The van der Waals surface area contributed by atoms with Crippen LogP contribution in [0.1, 0.15) is 31.7 Å². The summed E-state index contributed by atoms with van der Waals surface area (Å²) < 4.78 is 0. The maximum Gasteiger partial charge on any atom is 0.345 e. The third-order valence-electron chi connectivity index (χ3n) is 4.32. The van der Waals surface area contributed by atoms with E-state index in [-0.39, 0.29) is 18.0 Å². The van der Waals surface area contributed by atoms with Crippen LogP contribution in [0.4, 0.5) is 4.79 Å². The molecule has 2 heterocycles. The molecule has 2 saturated heterocycles. The van der Waals surface area contributed by atoms with E-state index in [9.17, 15) is 9.59 Å². The highest BCUT2D eigenvalue weighted by molar-refractivity contribution is 5.88. The molecule has 0 saturated carbocycles. The number of fused-ring (bicyclic) bond motifs is 2. The molecule has 2 aliphatic rings. The van der Waals surface area contributed by atoms with Gasteiger partial charge in [-0.15, -0.1) is 0 Å². The van der Waals surface area contributed by atoms with Gasteiger partial charge in [-0.05, 0) is 24.8 Å². The molecule has 0 spiro atoms. The molecule has 2 bridgehead atoms. The van der Waals surface area contributed by atoms with Crippen LogP contribution in [0.3, 0.4) is 0 Å². The number of benzene rings is 1. The SMILES string of the molecule is CCCONC(=O)[C@@H]1CCC2CN1C(=O)N2OCc1ccccc1. The maximum absolute atomic E-state index is 12.6. The van der Waals surface area contributed by atoms with Gasteiger partial charge >= 0.3 is 6.03 Å². The molecule has 2 aliphatic heterocycles. The number of carbonyl (C=O) groups excluding carboxylic acids is 2. The van der Waals surface area contributed by atoms with E-state index in [1.165, 1.54) is 5.06 Å². The zero-order valence-corrected chi connectivity index (χ0v) is 13.8. The van der Waals surface area contributed by atoms with Crippen molar-refractivity contribution in [2.75, 3.05) is 13.2 Å². The van der Waals surface area contributed by atoms with Crippen molar-refractivity contribution in [3.05, 3.63) is 35.9 Å². The van der Waals surface area contributed by atoms with E-state index in [4.69, 9.17) is 9.68 Å². The van der Waals surface area contributed by atoms with Crippen molar-refractivity contribution in [1.82, 2.24) is 15.4 Å². The van der Waals surface area contributed by atoms with Gasteiger partial charge in [0.1, 0.15) is 12.6 Å². The summed E-state index contributed by atoms with van der Waals surface area (Å²) in [6.45, 7) is 3.28. The Morgan fingerprint density at radius 1 is 1.29 bits per heavy atom. The van der Waals surface area contributed by atoms with E-state index in [0.717, 1.165) is 18.4 Å². The normalized spacial score (nSPS) is 22.8. The molecule has 2 atom stereocenters. The fourth-order valence-electron chi connectivity index (χ4n) is 3.08. The molecule has 0 aliphatic carbocycles. The zero-order chi connectivity index (χ0) is 16.9. The Kier molecular flexibility index (Phi) is 5.32. The number of nitrogens with one attached hydrogen (secondary N) is 1. The molecule has 1 aromatic carbocycles. The smallest absolute Gasteiger partial charge is 0.309 e. The Morgan fingerprint density at radius 3 is 2.83 bits per heavy atom. The summed E-state index contributed by atoms with van der Waals surface area (Å²) in [4.78, 5) is 37.1. The van der Waals surface area contributed by atoms with Gasteiger partial charge in [0.05, 0.1) is 12.6 Å². The summed E-state index contributed by atoms with van der Waals surface area (Å²) in [5.74, 6) is -0.264. The van der Waals surface area contributed by atoms with Gasteiger partial charge in [0, 0.05) is 6.54 Å². The average molecular weight is 333 g/mol. The van der Waals surface area contributed by atoms with E-state index in [0.29, 0.717) is 26.2 Å². The number of carbonyl (C=O) groups is 2. The minimum Gasteiger partial charge on any atom is -0.309 e. The van der Waals surface area contributed by atoms with Gasteiger partial charge in [-0.25, -0.2) is 10.3 Å². The molecule has 130 valence electrons. The summed E-state index contributed by atoms with van der Waals surface area (Å²) in [7, 11) is 0. The molecule has 0 radical (unpaired) electrons. The van der Waals surface area contributed by atoms with Gasteiger partial charge in [-0.1, -0.05) is 37.3 Å². The Morgan fingerprint density at radius 2 is 2.08 bits per heavy atom. The first-order valence-electron chi connectivity index (χ1n) is 8.39. The second kappa shape index (κ2) is 7.63. The lowest BCUT2D eigenvalue weighted by Gasteiger charge is -2.28. The van der Waals surface area contributed by atoms with E-state index < -0.39 is 6.04 Å². The first-order chi connectivity index (χ1) is 11.7. The molecule has 2 fully saturated rings. The largest absolute Gasteiger partial charge is 0.345 e. The number of nitrogens with zero attached hydrogens (tertiary/aromatic N) is 2. The predicted molar refractivity (Wildman–Crippen MR) is 86.4 cm³/mol. The van der Waals surface area contributed by atoms with Crippen molar-refractivity contribution in [1.29, 1.82) is 0 Å². The monoisotopic (exact) mass is 333 g/mol. The van der Waals surface area contributed by atoms with Crippen molar-refractivity contribution < 1.29 is 19.3 Å². The van der Waals surface area contributed by atoms with Crippen LogP contribution in [0.5, 0.6) is 0 Å². The lowest BCUT2D eigenvalue weighted by Crippen LogP contribution is -2.49. The lowest BCUT2D eigenvalue weighted by molar-refractivity contribution is -0.141. The van der Waals surface area contributed by atoms with Crippen molar-refractivity contribution in [2.24, 2.45) is 0 Å². The Bertz CT molecular complexity index is 580. The molecule has 24 heavy (non-hydrogen) atoms. The summed E-state index contributed by atoms with van der Waals surface area (Å²) in [6, 6.07) is 8.98. The zero-order valence-electron chi connectivity index (χ0n) is 13.8. The molecule has 7 nitrogen and oxygen atoms in total. The minimum atomic E-state index is -0.490. The predicted octanol–water partition coefficient (Wildman–Crippen LogP) is 1.84. The van der Waals surface area contributed by atoms with Crippen molar-refractivity contribution in [3.8, 4) is 0 Å². The van der Waals surface area contributed by atoms with E-state index >= 15 is 0 Å². The number of piperidine rings is 1. The number of hydroxylamine groups is 3. The van der Waals surface area contributed by atoms with Gasteiger partial charge < -0.3 is 4.90 Å². The molecule has 3 rings (SSSR count). The first kappa shape index (κ1) is 16.7. The minimum absolute atomic E-state index is 0.00169. The third kappa shape index (κ3) is 3.52. The molecule has 1 aromatic rings. The molecular weight excluding hydrogens is 310 g/mol. The number of urea groups is 1. The van der Waals surface area contributed by atoms with Crippen molar-refractivity contribution in [2.45, 2.75) is 44.9 Å². The first-order valence-corrected chi connectivity index (χ1v) is 8.39. The number of hydrogen-bond donors (Lipinski definition) is 1. The quantitative estimate of drug-likeness (QED) is 0.610. The lowest BCUT2D eigenvalue weighted by atomic mass is 10.0. The highest BCUT2D eigenvalue weighted by Gasteiger charge is 2.47. The average Bonchev–Trinajstić information content (AvgIpc) is 2.85. The number of hydrogen-bond acceptors (Lipinski definition) is 4. The van der Waals surface area contributed by atoms with Crippen LogP contribution in [0, 0.1) is 0 Å². The highest BCUT2D eigenvalue weighted by Crippen LogP contribution is 2.30. The molecule has 0 aromatic heterocycles. The molecule has 3 amide bonds. The molecule has 1 unspecified atom stereocenters. The Hall–Kier alpha value is -2.12. The van der Waals surface area contributed by atoms with Gasteiger partial charge in [-0.2, -0.15) is 5.06 Å². The van der Waals surface area contributed by atoms with Crippen LogP contribution in [-0.4, -0.2) is 47.1 Å². The van der Waals surface area contributed by atoms with Crippen LogP contribution >= 0.6 is 0 Å². The second-order valence-corrected chi connectivity index (χ2v) is 6.08. The topological polar surface area (TPSA) is 71.1 Å². The fourth-order valence-corrected chi connectivity index (χ4v) is 3.08. The van der Waals surface area contributed by atoms with E-state index in [2.05, 4.69) is 5.48 Å². The third-order valence-corrected chi connectivity index (χ3v) is 4.32. The van der Waals surface area contributed by atoms with Gasteiger partial charge in [0.15, 0.2) is 0 Å². The standard InChI is InChI=1S/C17H23N3O4/c1-2-10-23-18-16(21)15-9-8-14-11-19(15)17(22)20(14)24-12-13-6-4-3-5-7-13/h3-7,14-15H,2,8-12H2,1H3,(H,18,21)/t14?,15-/m0/s1. The Balaban J connectivity index is 1.57. The molecule has 1 N–H and O–H groups in total. The summed E-state index contributed by atoms with van der Waals surface area (Å²) in [5.41, 5.74) is 3.44. The summed E-state index contributed by atoms with van der Waals surface area (Å²) in [5, 5.41) is 1.42. The molecular formula is C17H23N3O4. The van der Waals surface area contributed by atoms with Gasteiger partial charge in [0.2, 0.25) is 0 Å². The summed E-state index contributed by atoms with van der Waals surface area (Å²) >= 11 is 0. The van der Waals surface area contributed by atoms with Crippen molar-refractivity contribution in [3.63, 3.8) is 0 Å². The number of amides is 3. The van der Waals surface area contributed by atoms with Crippen LogP contribution in [0.2, 0.25) is 0 Å². The van der Waals surface area contributed by atoms with E-state index in [1.54, 1.807) is 4.90 Å². The van der Waals surface area contributed by atoms with E-state index in [1.807, 2.05) is 37.3 Å². The maximum atomic E-state index is 12.6. The van der Waals surface area contributed by atoms with Crippen LogP contribution in [0.15, 0.2) is 30.3 Å². The van der Waals surface area contributed by atoms with Crippen LogP contribution < -0.4 is 5.48 Å². The van der Waals surface area contributed by atoms with Crippen molar-refractivity contribution >= 4 is 11.9 Å². The van der Waals surface area contributed by atoms with Crippen LogP contribution in [0.25, 0.3) is 0 Å². The van der Waals surface area contributed by atoms with Crippen LogP contribution in [-0.2, 0) is 21.1 Å². The fraction of sp³-hybridized carbons (Fsp3) is 0.529. The van der Waals surface area contributed by atoms with Gasteiger partial charge in [-0.3, -0.25) is 14.5 Å². The van der Waals surface area contributed by atoms with Gasteiger partial charge in [0.25, 0.3) is 5.91 Å². The summed E-state index contributed by atoms with van der Waals surface area (Å²) in [6.07, 6.45) is 2.17. The highest BCUT2D eigenvalue weighted by atomic mass is 16.7. The number of rotatable bonds is 7. The molecule has 7 heteroatoms.